The molecule has 0 aliphatic carbocycles. The number of nitrogens with two attached hydrogens (primary N) is 1. The molecule has 0 atom stereocenters. The summed E-state index contributed by atoms with van der Waals surface area (Å²) in [7, 11) is 2.66. The van der Waals surface area contributed by atoms with Gasteiger partial charge in [0.15, 0.2) is 0 Å². The average molecular weight is 598 g/mol. The van der Waals surface area contributed by atoms with E-state index in [9.17, 15) is 9.90 Å². The summed E-state index contributed by atoms with van der Waals surface area (Å²) in [6, 6.07) is 18.0. The second kappa shape index (κ2) is 7.06. The van der Waals surface area contributed by atoms with Gasteiger partial charge >= 0.3 is 193 Å². The normalized spacial score (nSPS) is 16.0. The first-order valence-electron chi connectivity index (χ1n) is 9.56. The number of nitrogens with zero attached hydrogens (tertiary/aromatic N) is 4. The Kier molecular flexibility index (Phi) is 5.41. The van der Waals surface area contributed by atoms with E-state index in [2.05, 4.69) is 19.9 Å². The topological polar surface area (TPSA) is 189 Å². The van der Waals surface area contributed by atoms with Crippen LogP contribution in [0.3, 0.4) is 0 Å². The molecule has 4 aromatic rings. The molecule has 36 heavy (non-hydrogen) atoms. The summed E-state index contributed by atoms with van der Waals surface area (Å²) in [5, 5.41) is 11.4. The predicted molar refractivity (Wildman–Crippen MR) is 134 cm³/mol. The van der Waals surface area contributed by atoms with Crippen molar-refractivity contribution in [3.63, 3.8) is 0 Å². The van der Waals surface area contributed by atoms with Crippen LogP contribution in [0.25, 0.3) is 0 Å². The van der Waals surface area contributed by atoms with Crippen molar-refractivity contribution in [1.82, 2.24) is 19.9 Å². The van der Waals surface area contributed by atoms with Crippen LogP contribution in [-0.2, 0) is 17.4 Å². The van der Waals surface area contributed by atoms with Crippen molar-refractivity contribution in [2.75, 3.05) is 0 Å². The number of hydrogen-bond donors (Lipinski definition) is 4. The van der Waals surface area contributed by atoms with Gasteiger partial charge in [0.1, 0.15) is 0 Å². The van der Waals surface area contributed by atoms with E-state index in [0.29, 0.717) is 0 Å². The first kappa shape index (κ1) is 27.6. The SMILES string of the molecule is O=S(=O)(O)O.[NH2][Fe]([Cl])([Cl])([C](=O)O)([c]1ccccn1)([c]1ccccn1)([c]1ccccn1)[c]1ccccn1. The van der Waals surface area contributed by atoms with Gasteiger partial charge < -0.3 is 0 Å². The fourth-order valence-corrected chi connectivity index (χ4v) is 14.0. The molecular formula is C21H21Cl2FeN5O6S. The van der Waals surface area contributed by atoms with Crippen LogP contribution in [-0.4, -0.2) is 47.4 Å². The molecule has 0 fully saturated rings. The number of carbonyl (C=O) groups is 1. The van der Waals surface area contributed by atoms with Crippen molar-refractivity contribution < 1.29 is 34.4 Å². The third kappa shape index (κ3) is 2.85. The molecule has 5 N–H and O–H groups in total. The summed E-state index contributed by atoms with van der Waals surface area (Å²) in [5.41, 5.74) is 0. The second-order valence-electron chi connectivity index (χ2n) is 7.52. The van der Waals surface area contributed by atoms with Crippen LogP contribution in [0.2, 0.25) is 0 Å². The molecule has 0 spiro atoms. The van der Waals surface area contributed by atoms with Crippen LogP contribution < -0.4 is 23.1 Å². The molecule has 4 heterocycles. The number of pyridine rings is 4. The standard InChI is InChI=1S/4C5H4N.CHO2.2ClH.Fe.H2N.H2O4S/c4*1-2-4-6-5-3-1;2-1-3;;;;;1-5(2,3)4/h4*1-4H;(H,2,3);2*1H;;1H2;(H2,1,2,3,4)/q;;;;;;;+3;-1;/p-2. The first-order chi connectivity index (χ1) is 16.5. The molecule has 0 saturated carbocycles. The van der Waals surface area contributed by atoms with Crippen molar-refractivity contribution >= 4 is 53.8 Å². The Morgan fingerprint density at radius 1 is 0.667 bits per heavy atom. The Labute approximate surface area is 209 Å². The van der Waals surface area contributed by atoms with Crippen LogP contribution in [0, 0.1) is 0 Å². The van der Waals surface area contributed by atoms with Crippen LogP contribution in [0.4, 0.5) is 4.79 Å². The second-order valence-corrected chi connectivity index (χ2v) is 26.7. The van der Waals surface area contributed by atoms with Gasteiger partial charge in [0.05, 0.1) is 0 Å². The summed E-state index contributed by atoms with van der Waals surface area (Å²) >= 11 is 0. The van der Waals surface area contributed by atoms with E-state index in [-0.39, 0.29) is 18.4 Å². The molecule has 11 nitrogen and oxygen atoms in total. The zero-order valence-electron chi connectivity index (χ0n) is 18.2. The van der Waals surface area contributed by atoms with Gasteiger partial charge in [-0.15, -0.1) is 0 Å². The molecule has 0 amide bonds. The van der Waals surface area contributed by atoms with Crippen LogP contribution >= 0.6 is 20.2 Å². The molecule has 194 valence electrons. The number of rotatable bonds is 5. The van der Waals surface area contributed by atoms with E-state index in [1.807, 2.05) is 0 Å². The molecule has 0 aliphatic heterocycles. The monoisotopic (exact) mass is 597 g/mol. The molecular weight excluding hydrogens is 577 g/mol. The Bertz CT molecular complexity index is 1410. The Balaban J connectivity index is 0.000000658. The van der Waals surface area contributed by atoms with Gasteiger partial charge in [-0.2, -0.15) is 8.42 Å². The summed E-state index contributed by atoms with van der Waals surface area (Å²) in [6.45, 7) is 0. The molecule has 0 unspecified atom stereocenters. The zero-order valence-corrected chi connectivity index (χ0v) is 21.6. The van der Waals surface area contributed by atoms with Crippen molar-refractivity contribution in [2.24, 2.45) is 4.75 Å². The van der Waals surface area contributed by atoms with Gasteiger partial charge in [-0.25, -0.2) is 0 Å². The van der Waals surface area contributed by atoms with Gasteiger partial charge in [-0.05, 0) is 0 Å². The van der Waals surface area contributed by atoms with Crippen LogP contribution in [0.15, 0.2) is 97.6 Å². The third-order valence-electron chi connectivity index (χ3n) is 5.41. The first-order valence-corrected chi connectivity index (χ1v) is 17.4. The molecule has 0 aliphatic rings. The van der Waals surface area contributed by atoms with Crippen LogP contribution in [0.1, 0.15) is 0 Å². The molecule has 0 aromatic carbocycles. The fraction of sp³-hybridized carbons (Fsp3) is 0. The van der Waals surface area contributed by atoms with Gasteiger partial charge in [-0.1, -0.05) is 0 Å². The predicted octanol–water partition coefficient (Wildman–Crippen LogP) is 1.37. The van der Waals surface area contributed by atoms with Crippen molar-refractivity contribution in [2.45, 2.75) is 0 Å². The van der Waals surface area contributed by atoms with Crippen molar-refractivity contribution in [3.8, 4) is 0 Å². The Hall–Kier alpha value is -3.00. The van der Waals surface area contributed by atoms with Gasteiger partial charge in [-0.3, -0.25) is 9.11 Å². The van der Waals surface area contributed by atoms with Gasteiger partial charge in [0, 0.05) is 0 Å². The van der Waals surface area contributed by atoms with E-state index in [0.717, 1.165) is 0 Å². The number of halogens is 2. The average Bonchev–Trinajstić information content (AvgIpc) is 2.86. The Morgan fingerprint density at radius 2 is 0.889 bits per heavy atom. The fourth-order valence-electron chi connectivity index (χ4n) is 3.61. The quantitative estimate of drug-likeness (QED) is 0.192. The van der Waals surface area contributed by atoms with E-state index in [4.69, 9.17) is 42.5 Å². The summed E-state index contributed by atoms with van der Waals surface area (Å²) in [6.07, 6.45) is 5.44. The minimum atomic E-state index is -8.34. The molecule has 4 rings (SSSR count). The molecule has 0 bridgehead atoms. The van der Waals surface area contributed by atoms with E-state index < -0.39 is 22.3 Å². The van der Waals surface area contributed by atoms with E-state index in [1.54, 1.807) is 48.5 Å². The van der Waals surface area contributed by atoms with Crippen molar-refractivity contribution in [3.05, 3.63) is 97.6 Å². The van der Waals surface area contributed by atoms with E-state index >= 15 is 0 Å². The molecule has 4 aromatic heterocycles. The minimum absolute atomic E-state index is 0.349. The summed E-state index contributed by atoms with van der Waals surface area (Å²) in [5.74, 6) is 0. The van der Waals surface area contributed by atoms with E-state index in [1.165, 1.54) is 49.1 Å². The van der Waals surface area contributed by atoms with Crippen LogP contribution in [0.5, 0.6) is 0 Å². The number of hydrogen-bond acceptors (Lipinski definition) is 8. The summed E-state index contributed by atoms with van der Waals surface area (Å²) < 4.78 is 37.7. The number of carboxylic acid groups (broad SMARTS) is 1. The number of aromatic nitrogens is 4. The molecule has 0 radical (unpaired) electrons. The molecule has 0 saturated heterocycles. The zero-order chi connectivity index (χ0) is 26.9. The maximum atomic E-state index is 14.0. The summed E-state index contributed by atoms with van der Waals surface area (Å²) in [4.78, 5) is 29.7. The molecule has 15 heteroatoms. The Morgan fingerprint density at radius 3 is 1.03 bits per heavy atom. The van der Waals surface area contributed by atoms with Gasteiger partial charge in [0.2, 0.25) is 0 Å². The third-order valence-corrected chi connectivity index (χ3v) is 21.3. The van der Waals surface area contributed by atoms with Crippen molar-refractivity contribution in [1.29, 1.82) is 0 Å². The maximum absolute atomic E-state index is 14.0. The van der Waals surface area contributed by atoms with Gasteiger partial charge in [0.25, 0.3) is 0 Å².